The molecule has 1 saturated heterocycles. The lowest BCUT2D eigenvalue weighted by Crippen LogP contribution is -2.42. The van der Waals surface area contributed by atoms with E-state index in [0.29, 0.717) is 30.5 Å². The van der Waals surface area contributed by atoms with Crippen LogP contribution in [0.25, 0.3) is 5.57 Å². The monoisotopic (exact) mass is 541 g/mol. The van der Waals surface area contributed by atoms with Crippen molar-refractivity contribution in [2.75, 3.05) is 26.7 Å². The second-order valence-electron chi connectivity index (χ2n) is 9.43. The number of piperidine rings is 1. The zero-order valence-electron chi connectivity index (χ0n) is 22.3. The minimum atomic E-state index is -0.509. The van der Waals surface area contributed by atoms with Gasteiger partial charge >= 0.3 is 0 Å². The summed E-state index contributed by atoms with van der Waals surface area (Å²) in [5.74, 6) is 0.136. The van der Waals surface area contributed by atoms with Gasteiger partial charge in [0.25, 0.3) is 5.69 Å². The number of hydrogen-bond donors (Lipinski definition) is 1. The fourth-order valence-electron chi connectivity index (χ4n) is 4.47. The van der Waals surface area contributed by atoms with E-state index < -0.39 is 11.6 Å². The quantitative estimate of drug-likeness (QED) is 0.182. The molecule has 1 aliphatic heterocycles. The second kappa shape index (κ2) is 13.4. The maximum absolute atomic E-state index is 14.2. The summed E-state index contributed by atoms with van der Waals surface area (Å²) in [5.41, 5.74) is 3.85. The first-order valence-electron chi connectivity index (χ1n) is 12.5. The van der Waals surface area contributed by atoms with Crippen LogP contribution in [0.15, 0.2) is 84.2 Å². The van der Waals surface area contributed by atoms with Gasteiger partial charge in [0.1, 0.15) is 11.6 Å². The largest absolute Gasteiger partial charge is 0.371 e. The van der Waals surface area contributed by atoms with Crippen molar-refractivity contribution in [2.45, 2.75) is 26.7 Å². The smallest absolute Gasteiger partial charge is 0.273 e. The number of nitrogens with one attached hydrogen (secondary N) is 1. The molecule has 2 aromatic carbocycles. The average Bonchev–Trinajstić information content (AvgIpc) is 2.92. The van der Waals surface area contributed by atoms with Crippen LogP contribution in [-0.2, 0) is 0 Å². The lowest BCUT2D eigenvalue weighted by Gasteiger charge is -2.32. The van der Waals surface area contributed by atoms with Gasteiger partial charge in [0.15, 0.2) is 12.5 Å². The van der Waals surface area contributed by atoms with Crippen LogP contribution in [0, 0.1) is 24.5 Å². The van der Waals surface area contributed by atoms with Gasteiger partial charge in [-0.05, 0) is 67.5 Å². The molecule has 0 saturated carbocycles. The van der Waals surface area contributed by atoms with E-state index in [0.717, 1.165) is 59.3 Å². The van der Waals surface area contributed by atoms with E-state index in [1.54, 1.807) is 0 Å². The summed E-state index contributed by atoms with van der Waals surface area (Å²) in [4.78, 5) is 2.35. The van der Waals surface area contributed by atoms with Gasteiger partial charge in [-0.25, -0.2) is 4.39 Å². The molecule has 4 nitrogen and oxygen atoms in total. The zero-order valence-corrected chi connectivity index (χ0v) is 23.1. The zero-order chi connectivity index (χ0) is 27.8. The van der Waals surface area contributed by atoms with E-state index in [1.807, 2.05) is 61.1 Å². The number of aryl methyl sites for hydroxylation is 1. The summed E-state index contributed by atoms with van der Waals surface area (Å²) in [6.45, 7) is 17.9. The average molecular weight is 542 g/mol. The molecule has 1 N–H and O–H groups in total. The van der Waals surface area contributed by atoms with Gasteiger partial charge in [-0.3, -0.25) is 0 Å². The molecule has 0 radical (unpaired) electrons. The molecular weight excluding hydrogens is 505 g/mol. The summed E-state index contributed by atoms with van der Waals surface area (Å²) in [5, 5.41) is 5.48. The number of benzene rings is 2. The third-order valence-electron chi connectivity index (χ3n) is 6.98. The number of rotatable bonds is 11. The molecule has 0 aliphatic carbocycles. The minimum absolute atomic E-state index is 0.120. The van der Waals surface area contributed by atoms with Gasteiger partial charge in [0.05, 0.1) is 36.2 Å². The van der Waals surface area contributed by atoms with E-state index in [4.69, 9.17) is 0 Å². The predicted octanol–water partition coefficient (Wildman–Crippen LogP) is 7.36. The first-order chi connectivity index (χ1) is 18.2. The van der Waals surface area contributed by atoms with E-state index in [1.165, 1.54) is 10.8 Å². The van der Waals surface area contributed by atoms with Crippen LogP contribution in [0.2, 0.25) is 0 Å². The standard InChI is InChI=1S/C30H36F3N4S/c1-7-29(38-33)23(4)35(5)30(18-22(3)26-11-9-8-10-21(26)2)34-20-24-14-16-37(17-15-24)36(6)28-19-25(31)12-13-27(28)32/h7-13,18-19,24,34H,1,3,6,14-17,20H2,2,4-5H3/q+1/b29-23+,30-18-. The molecule has 38 heavy (non-hydrogen) atoms. The van der Waals surface area contributed by atoms with Gasteiger partial charge < -0.3 is 10.2 Å². The van der Waals surface area contributed by atoms with Crippen LogP contribution < -0.4 is 5.32 Å². The Balaban J connectivity index is 1.72. The van der Waals surface area contributed by atoms with Crippen LogP contribution in [0.5, 0.6) is 0 Å². The van der Waals surface area contributed by atoms with Crippen molar-refractivity contribution >= 4 is 30.1 Å². The number of allylic oxidation sites excluding steroid dienone is 4. The van der Waals surface area contributed by atoms with Gasteiger partial charge in [0.2, 0.25) is 0 Å². The topological polar surface area (TPSA) is 21.5 Å². The molecule has 0 aromatic heterocycles. The normalized spacial score (nSPS) is 15.1. The number of halogens is 3. The van der Waals surface area contributed by atoms with Gasteiger partial charge in [-0.2, -0.15) is 13.3 Å². The van der Waals surface area contributed by atoms with Gasteiger partial charge in [-0.1, -0.05) is 48.2 Å². The maximum Gasteiger partial charge on any atom is 0.273 e. The summed E-state index contributed by atoms with van der Waals surface area (Å²) < 4.78 is 42.8. The summed E-state index contributed by atoms with van der Waals surface area (Å²) in [7, 11) is 1.88. The molecule has 2 aromatic rings. The van der Waals surface area contributed by atoms with E-state index in [9.17, 15) is 12.7 Å². The summed E-state index contributed by atoms with van der Waals surface area (Å²) in [6.07, 6.45) is 5.18. The highest BCUT2D eigenvalue weighted by molar-refractivity contribution is 7.98. The Bertz CT molecular complexity index is 1250. The van der Waals surface area contributed by atoms with E-state index in [-0.39, 0.29) is 17.8 Å². The van der Waals surface area contributed by atoms with Gasteiger partial charge in [0, 0.05) is 19.3 Å². The molecule has 0 atom stereocenters. The summed E-state index contributed by atoms with van der Waals surface area (Å²) >= 11 is 0.167. The molecule has 3 rings (SSSR count). The molecular formula is C30H36F3N4S+. The Morgan fingerprint density at radius 1 is 1.21 bits per heavy atom. The van der Waals surface area contributed by atoms with Crippen LogP contribution in [-0.4, -0.2) is 48.0 Å². The van der Waals surface area contributed by atoms with Crippen LogP contribution in [0.4, 0.5) is 18.4 Å². The highest BCUT2D eigenvalue weighted by Gasteiger charge is 2.28. The highest BCUT2D eigenvalue weighted by Crippen LogP contribution is 2.28. The third kappa shape index (κ3) is 7.13. The summed E-state index contributed by atoms with van der Waals surface area (Å²) in [6, 6.07) is 11.4. The van der Waals surface area contributed by atoms with Crippen molar-refractivity contribution < 1.29 is 17.4 Å². The fourth-order valence-corrected chi connectivity index (χ4v) is 4.78. The Morgan fingerprint density at radius 3 is 2.53 bits per heavy atom. The maximum atomic E-state index is 14.2. The molecule has 202 valence electrons. The van der Waals surface area contributed by atoms with Crippen molar-refractivity contribution in [3.8, 4) is 0 Å². The Hall–Kier alpha value is -3.39. The molecule has 1 aliphatic rings. The van der Waals surface area contributed by atoms with E-state index >= 15 is 0 Å². The Labute approximate surface area is 228 Å². The van der Waals surface area contributed by atoms with Crippen LogP contribution in [0.3, 0.4) is 0 Å². The molecule has 0 spiro atoms. The van der Waals surface area contributed by atoms with Crippen molar-refractivity contribution in [1.29, 1.82) is 0 Å². The number of hydrazone groups is 1. The van der Waals surface area contributed by atoms with Crippen molar-refractivity contribution in [1.82, 2.24) is 15.2 Å². The van der Waals surface area contributed by atoms with Gasteiger partial charge in [-0.15, -0.1) is 0 Å². The third-order valence-corrected chi connectivity index (χ3v) is 7.61. The van der Waals surface area contributed by atoms with E-state index in [2.05, 4.69) is 25.2 Å². The lowest BCUT2D eigenvalue weighted by atomic mass is 9.97. The number of nitrogens with zero attached hydrogens (tertiary/aromatic N) is 3. The van der Waals surface area contributed by atoms with Crippen LogP contribution in [0.1, 0.15) is 30.9 Å². The lowest BCUT2D eigenvalue weighted by molar-refractivity contribution is -0.621. The highest BCUT2D eigenvalue weighted by atomic mass is 32.2. The minimum Gasteiger partial charge on any atom is -0.371 e. The molecule has 1 heterocycles. The molecule has 0 bridgehead atoms. The second-order valence-corrected chi connectivity index (χ2v) is 10.0. The van der Waals surface area contributed by atoms with Crippen molar-refractivity contribution in [3.63, 3.8) is 0 Å². The number of hydrazine groups is 1. The SMILES string of the molecule is C=C/C(SF)=C(/C)N(C)/C(=C\C(=C)c1ccccc1C)NCC1CCN([N+](=C)c2cc(F)ccc2F)CC1. The predicted molar refractivity (Wildman–Crippen MR) is 153 cm³/mol. The Morgan fingerprint density at radius 2 is 1.89 bits per heavy atom. The molecule has 0 unspecified atom stereocenters. The molecule has 1 fully saturated rings. The Kier molecular flexibility index (Phi) is 10.3. The first-order valence-corrected chi connectivity index (χ1v) is 13.2. The molecule has 0 amide bonds. The first kappa shape index (κ1) is 29.2. The van der Waals surface area contributed by atoms with Crippen molar-refractivity contribution in [3.05, 3.63) is 107 Å². The van der Waals surface area contributed by atoms with Crippen molar-refractivity contribution in [2.24, 2.45) is 5.92 Å². The van der Waals surface area contributed by atoms with Crippen LogP contribution >= 0.6 is 12.1 Å². The number of hydrogen-bond acceptors (Lipinski definition) is 4. The fraction of sp³-hybridized carbons (Fsp3) is 0.300. The molecule has 8 heteroatoms.